The average Bonchev–Trinajstić information content (AvgIpc) is 2.31. The maximum Gasteiger partial charge on any atom is 0.131 e. The van der Waals surface area contributed by atoms with Crippen LogP contribution < -0.4 is 5.32 Å². The highest BCUT2D eigenvalue weighted by Crippen LogP contribution is 2.15. The quantitative estimate of drug-likeness (QED) is 0.857. The standard InChI is InChI=1S/C13H10F3N/c14-9-4-6-10(7-5-9)17-8-11-12(15)2-1-3-13(11)16/h1-7,17H,8H2. The molecule has 0 aliphatic rings. The summed E-state index contributed by atoms with van der Waals surface area (Å²) in [4.78, 5) is 0. The van der Waals surface area contributed by atoms with Gasteiger partial charge in [-0.15, -0.1) is 0 Å². The second kappa shape index (κ2) is 4.91. The normalized spacial score (nSPS) is 10.3. The van der Waals surface area contributed by atoms with Crippen LogP contribution in [0.1, 0.15) is 5.56 Å². The second-order valence-electron chi connectivity index (χ2n) is 3.56. The zero-order chi connectivity index (χ0) is 12.3. The highest BCUT2D eigenvalue weighted by Gasteiger charge is 2.07. The van der Waals surface area contributed by atoms with Crippen molar-refractivity contribution in [2.24, 2.45) is 0 Å². The van der Waals surface area contributed by atoms with E-state index in [0.717, 1.165) is 0 Å². The molecule has 0 bridgehead atoms. The number of rotatable bonds is 3. The number of nitrogens with one attached hydrogen (secondary N) is 1. The van der Waals surface area contributed by atoms with E-state index in [9.17, 15) is 13.2 Å². The van der Waals surface area contributed by atoms with Crippen LogP contribution in [-0.2, 0) is 6.54 Å². The average molecular weight is 237 g/mol. The van der Waals surface area contributed by atoms with Crippen LogP contribution >= 0.6 is 0 Å². The number of halogens is 3. The minimum Gasteiger partial charge on any atom is -0.381 e. The molecular formula is C13H10F3N. The molecule has 88 valence electrons. The SMILES string of the molecule is Fc1ccc(NCc2c(F)cccc2F)cc1. The van der Waals surface area contributed by atoms with Gasteiger partial charge in [-0.1, -0.05) is 6.07 Å². The molecule has 0 aromatic heterocycles. The lowest BCUT2D eigenvalue weighted by atomic mass is 10.2. The molecule has 0 radical (unpaired) electrons. The molecule has 0 atom stereocenters. The second-order valence-corrected chi connectivity index (χ2v) is 3.56. The zero-order valence-corrected chi connectivity index (χ0v) is 8.88. The van der Waals surface area contributed by atoms with Crippen molar-refractivity contribution in [1.29, 1.82) is 0 Å². The molecule has 0 saturated carbocycles. The van der Waals surface area contributed by atoms with E-state index in [2.05, 4.69) is 5.32 Å². The summed E-state index contributed by atoms with van der Waals surface area (Å²) < 4.78 is 39.2. The summed E-state index contributed by atoms with van der Waals surface area (Å²) in [5, 5.41) is 2.82. The Morgan fingerprint density at radius 1 is 0.824 bits per heavy atom. The molecule has 4 heteroatoms. The van der Waals surface area contributed by atoms with Gasteiger partial charge in [-0.05, 0) is 36.4 Å². The Balaban J connectivity index is 2.10. The molecular weight excluding hydrogens is 227 g/mol. The van der Waals surface area contributed by atoms with Crippen molar-refractivity contribution in [3.8, 4) is 0 Å². The summed E-state index contributed by atoms with van der Waals surface area (Å²) in [6, 6.07) is 9.28. The molecule has 0 saturated heterocycles. The summed E-state index contributed by atoms with van der Waals surface area (Å²) in [6.07, 6.45) is 0. The molecule has 0 heterocycles. The van der Waals surface area contributed by atoms with E-state index in [1.165, 1.54) is 42.5 Å². The minimum absolute atomic E-state index is 0.0180. The van der Waals surface area contributed by atoms with Crippen LogP contribution in [0.4, 0.5) is 18.9 Å². The molecule has 0 amide bonds. The van der Waals surface area contributed by atoms with Crippen LogP contribution in [0.3, 0.4) is 0 Å². The van der Waals surface area contributed by atoms with Crippen molar-refractivity contribution in [3.63, 3.8) is 0 Å². The molecule has 2 rings (SSSR count). The third-order valence-electron chi connectivity index (χ3n) is 2.38. The van der Waals surface area contributed by atoms with Gasteiger partial charge in [0.25, 0.3) is 0 Å². The summed E-state index contributed by atoms with van der Waals surface area (Å²) in [7, 11) is 0. The molecule has 0 aliphatic heterocycles. The third-order valence-corrected chi connectivity index (χ3v) is 2.38. The Bertz CT molecular complexity index is 488. The van der Waals surface area contributed by atoms with Gasteiger partial charge in [0.2, 0.25) is 0 Å². The molecule has 2 aromatic rings. The predicted octanol–water partition coefficient (Wildman–Crippen LogP) is 3.72. The van der Waals surface area contributed by atoms with E-state index >= 15 is 0 Å². The van der Waals surface area contributed by atoms with Gasteiger partial charge in [0.05, 0.1) is 0 Å². The fourth-order valence-electron chi connectivity index (χ4n) is 1.46. The number of benzene rings is 2. The first-order valence-corrected chi connectivity index (χ1v) is 5.09. The lowest BCUT2D eigenvalue weighted by Gasteiger charge is -2.08. The van der Waals surface area contributed by atoms with E-state index in [1.807, 2.05) is 0 Å². The minimum atomic E-state index is -0.598. The Kier molecular flexibility index (Phi) is 3.32. The van der Waals surface area contributed by atoms with Gasteiger partial charge >= 0.3 is 0 Å². The molecule has 0 fully saturated rings. The van der Waals surface area contributed by atoms with Crippen LogP contribution in [0.5, 0.6) is 0 Å². The van der Waals surface area contributed by atoms with Gasteiger partial charge in [0.15, 0.2) is 0 Å². The largest absolute Gasteiger partial charge is 0.381 e. The highest BCUT2D eigenvalue weighted by atomic mass is 19.1. The highest BCUT2D eigenvalue weighted by molar-refractivity contribution is 5.43. The van der Waals surface area contributed by atoms with Crippen LogP contribution in [0.2, 0.25) is 0 Å². The van der Waals surface area contributed by atoms with Gasteiger partial charge in [0.1, 0.15) is 17.5 Å². The molecule has 0 aliphatic carbocycles. The molecule has 2 aromatic carbocycles. The van der Waals surface area contributed by atoms with E-state index in [-0.39, 0.29) is 17.9 Å². The maximum atomic E-state index is 13.3. The fourth-order valence-corrected chi connectivity index (χ4v) is 1.46. The lowest BCUT2D eigenvalue weighted by Crippen LogP contribution is -2.04. The summed E-state index contributed by atoms with van der Waals surface area (Å²) >= 11 is 0. The maximum absolute atomic E-state index is 13.3. The molecule has 17 heavy (non-hydrogen) atoms. The smallest absolute Gasteiger partial charge is 0.131 e. The molecule has 1 N–H and O–H groups in total. The summed E-state index contributed by atoms with van der Waals surface area (Å²) in [6.45, 7) is 0.0180. The first-order chi connectivity index (χ1) is 8.16. The Labute approximate surface area is 96.9 Å². The van der Waals surface area contributed by atoms with Crippen LogP contribution in [0, 0.1) is 17.5 Å². The Morgan fingerprint density at radius 3 is 2.00 bits per heavy atom. The fraction of sp³-hybridized carbons (Fsp3) is 0.0769. The van der Waals surface area contributed by atoms with Crippen molar-refractivity contribution in [2.45, 2.75) is 6.54 Å². The number of hydrogen-bond acceptors (Lipinski definition) is 1. The van der Waals surface area contributed by atoms with E-state index in [1.54, 1.807) is 0 Å². The summed E-state index contributed by atoms with van der Waals surface area (Å²) in [5.74, 6) is -1.55. The van der Waals surface area contributed by atoms with Crippen LogP contribution in [0.15, 0.2) is 42.5 Å². The van der Waals surface area contributed by atoms with Gasteiger partial charge in [0, 0.05) is 17.8 Å². The first-order valence-electron chi connectivity index (χ1n) is 5.09. The molecule has 1 nitrogen and oxygen atoms in total. The number of hydrogen-bond donors (Lipinski definition) is 1. The topological polar surface area (TPSA) is 12.0 Å². The zero-order valence-electron chi connectivity index (χ0n) is 8.88. The van der Waals surface area contributed by atoms with Crippen molar-refractivity contribution in [2.75, 3.05) is 5.32 Å². The Hall–Kier alpha value is -1.97. The van der Waals surface area contributed by atoms with Gasteiger partial charge in [-0.3, -0.25) is 0 Å². The summed E-state index contributed by atoms with van der Waals surface area (Å²) in [5.41, 5.74) is 0.575. The third kappa shape index (κ3) is 2.78. The predicted molar refractivity (Wildman–Crippen MR) is 60.1 cm³/mol. The van der Waals surface area contributed by atoms with Gasteiger partial charge in [-0.25, -0.2) is 13.2 Å². The van der Waals surface area contributed by atoms with Gasteiger partial charge < -0.3 is 5.32 Å². The van der Waals surface area contributed by atoms with E-state index in [0.29, 0.717) is 5.69 Å². The van der Waals surface area contributed by atoms with Crippen molar-refractivity contribution in [3.05, 3.63) is 65.5 Å². The number of anilines is 1. The van der Waals surface area contributed by atoms with E-state index < -0.39 is 11.6 Å². The molecule has 0 unspecified atom stereocenters. The van der Waals surface area contributed by atoms with Crippen LogP contribution in [0.25, 0.3) is 0 Å². The van der Waals surface area contributed by atoms with Crippen LogP contribution in [-0.4, -0.2) is 0 Å². The van der Waals surface area contributed by atoms with Crippen molar-refractivity contribution < 1.29 is 13.2 Å². The van der Waals surface area contributed by atoms with Gasteiger partial charge in [-0.2, -0.15) is 0 Å². The van der Waals surface area contributed by atoms with Crippen molar-refractivity contribution >= 4 is 5.69 Å². The monoisotopic (exact) mass is 237 g/mol. The molecule has 0 spiro atoms. The Morgan fingerprint density at radius 2 is 1.41 bits per heavy atom. The lowest BCUT2D eigenvalue weighted by molar-refractivity contribution is 0.560. The van der Waals surface area contributed by atoms with E-state index in [4.69, 9.17) is 0 Å². The first kappa shape index (κ1) is 11.5. The van der Waals surface area contributed by atoms with Crippen molar-refractivity contribution in [1.82, 2.24) is 0 Å².